The van der Waals surface area contributed by atoms with Gasteiger partial charge in [0.1, 0.15) is 5.60 Å². The number of esters is 1. The van der Waals surface area contributed by atoms with Gasteiger partial charge in [-0.05, 0) is 92.2 Å². The molecule has 8 heteroatoms. The van der Waals surface area contributed by atoms with Gasteiger partial charge in [0, 0.05) is 5.92 Å². The maximum atomic E-state index is 14.3. The molecule has 2 bridgehead atoms. The molecule has 6 nitrogen and oxygen atoms in total. The van der Waals surface area contributed by atoms with Crippen molar-refractivity contribution in [1.29, 1.82) is 0 Å². The van der Waals surface area contributed by atoms with E-state index in [2.05, 4.69) is 74.7 Å². The van der Waals surface area contributed by atoms with E-state index in [-0.39, 0.29) is 69.7 Å². The molecule has 2 aliphatic heterocycles. The van der Waals surface area contributed by atoms with Gasteiger partial charge in [-0.3, -0.25) is 9.59 Å². The van der Waals surface area contributed by atoms with Gasteiger partial charge in [-0.1, -0.05) is 54.5 Å². The molecule has 0 amide bonds. The van der Waals surface area contributed by atoms with Crippen LogP contribution in [0.4, 0.5) is 0 Å². The molecule has 3 saturated carbocycles. The number of ketones is 1. The summed E-state index contributed by atoms with van der Waals surface area (Å²) in [5, 5.41) is 0.0193. The number of carbonyl (C=O) groups excluding carboxylic acids is 2. The first-order valence-corrected chi connectivity index (χ1v) is 21.5. The van der Waals surface area contributed by atoms with E-state index in [4.69, 9.17) is 18.3 Å². The molecule has 5 rings (SSSR count). The molecule has 1 saturated heterocycles. The number of fused-ring (bicyclic) bond motifs is 2. The smallest absolute Gasteiger partial charge is 0.312 e. The van der Waals surface area contributed by atoms with Crippen LogP contribution in [0.5, 0.6) is 0 Å². The van der Waals surface area contributed by atoms with E-state index in [1.807, 2.05) is 13.0 Å². The summed E-state index contributed by atoms with van der Waals surface area (Å²) in [6, 6.07) is 0. The minimum atomic E-state index is -2.25. The number of ether oxygens (including phenoxy) is 2. The maximum Gasteiger partial charge on any atom is 0.312 e. The Hall–Kier alpha value is -0.806. The number of hydrogen-bond donors (Lipinski definition) is 0. The van der Waals surface area contributed by atoms with Crippen LogP contribution in [-0.4, -0.2) is 58.9 Å². The van der Waals surface area contributed by atoms with Crippen LogP contribution in [0.15, 0.2) is 12.2 Å². The summed E-state index contributed by atoms with van der Waals surface area (Å²) < 4.78 is 27.5. The van der Waals surface area contributed by atoms with Gasteiger partial charge in [0.25, 0.3) is 0 Å². The molecule has 0 unspecified atom stereocenters. The van der Waals surface area contributed by atoms with Gasteiger partial charge in [0.05, 0.1) is 30.3 Å². The van der Waals surface area contributed by atoms with Gasteiger partial charge in [0.2, 0.25) is 0 Å². The zero-order chi connectivity index (χ0) is 29.8. The first kappa shape index (κ1) is 30.6. The Labute approximate surface area is 244 Å². The lowest BCUT2D eigenvalue weighted by molar-refractivity contribution is -0.203. The van der Waals surface area contributed by atoms with Crippen LogP contribution >= 0.6 is 0 Å². The highest BCUT2D eigenvalue weighted by Gasteiger charge is 2.79. The minimum absolute atomic E-state index is 0.00458. The fourth-order valence-electron chi connectivity index (χ4n) is 8.61. The lowest BCUT2D eigenvalue weighted by Crippen LogP contribution is -2.67. The third-order valence-electron chi connectivity index (χ3n) is 12.7. The monoisotopic (exact) mass is 590 g/mol. The molecule has 0 aromatic rings. The molecular weight excluding hydrogens is 537 g/mol. The second kappa shape index (κ2) is 9.34. The van der Waals surface area contributed by atoms with E-state index in [9.17, 15) is 9.59 Å². The molecule has 40 heavy (non-hydrogen) atoms. The van der Waals surface area contributed by atoms with Crippen LogP contribution < -0.4 is 0 Å². The van der Waals surface area contributed by atoms with E-state index in [0.717, 1.165) is 12.8 Å². The summed E-state index contributed by atoms with van der Waals surface area (Å²) in [5.74, 6) is 0.0901. The normalized spacial score (nSPS) is 42.6. The fraction of sp³-hybridized carbons (Fsp3) is 0.875. The lowest BCUT2D eigenvalue weighted by atomic mass is 9.47. The van der Waals surface area contributed by atoms with Gasteiger partial charge in [-0.15, -0.1) is 0 Å². The van der Waals surface area contributed by atoms with Gasteiger partial charge < -0.3 is 18.3 Å². The highest BCUT2D eigenvalue weighted by atomic mass is 28.4. The molecule has 5 aliphatic rings. The molecule has 1 spiro atoms. The van der Waals surface area contributed by atoms with Crippen molar-refractivity contribution in [3.63, 3.8) is 0 Å². The van der Waals surface area contributed by atoms with E-state index in [1.165, 1.54) is 0 Å². The predicted molar refractivity (Wildman–Crippen MR) is 162 cm³/mol. The van der Waals surface area contributed by atoms with E-state index >= 15 is 0 Å². The van der Waals surface area contributed by atoms with Crippen LogP contribution in [0.1, 0.15) is 74.7 Å². The Morgan fingerprint density at radius 3 is 2.10 bits per heavy atom. The highest BCUT2D eigenvalue weighted by molar-refractivity contribution is 6.74. The summed E-state index contributed by atoms with van der Waals surface area (Å²) in [7, 11) is -4.49. The number of carbonyl (C=O) groups is 2. The molecule has 4 fully saturated rings. The topological polar surface area (TPSA) is 71.1 Å². The third-order valence-corrected chi connectivity index (χ3v) is 21.6. The van der Waals surface area contributed by atoms with Gasteiger partial charge in [0.15, 0.2) is 22.4 Å². The molecule has 226 valence electrons. The number of hydrogen-bond acceptors (Lipinski definition) is 6. The summed E-state index contributed by atoms with van der Waals surface area (Å²) in [6.45, 7) is 27.3. The molecule has 0 aromatic carbocycles. The van der Waals surface area contributed by atoms with Crippen molar-refractivity contribution in [2.75, 3.05) is 6.61 Å². The summed E-state index contributed by atoms with van der Waals surface area (Å²) in [5.41, 5.74) is -1.58. The fourth-order valence-corrected chi connectivity index (χ4v) is 11.3. The van der Waals surface area contributed by atoms with E-state index in [0.29, 0.717) is 13.0 Å². The molecule has 3 aliphatic carbocycles. The number of rotatable bonds is 6. The molecule has 0 N–H and O–H groups in total. The largest absolute Gasteiger partial charge is 0.466 e. The van der Waals surface area contributed by atoms with Crippen molar-refractivity contribution in [1.82, 2.24) is 0 Å². The van der Waals surface area contributed by atoms with Crippen molar-refractivity contribution in [2.45, 2.75) is 135 Å². The molecule has 2 heterocycles. The summed E-state index contributed by atoms with van der Waals surface area (Å²) >= 11 is 0. The van der Waals surface area contributed by atoms with Crippen LogP contribution in [0.3, 0.4) is 0 Å². The average molecular weight is 591 g/mol. The highest BCUT2D eigenvalue weighted by Crippen LogP contribution is 2.72. The summed E-state index contributed by atoms with van der Waals surface area (Å²) in [4.78, 5) is 28.1. The molecule has 0 radical (unpaired) electrons. The lowest BCUT2D eigenvalue weighted by Gasteiger charge is -2.61. The summed E-state index contributed by atoms with van der Waals surface area (Å²) in [6.07, 6.45) is 5.46. The first-order valence-electron chi connectivity index (χ1n) is 15.7. The molecule has 0 aromatic heterocycles. The van der Waals surface area contributed by atoms with E-state index < -0.39 is 27.7 Å². The second-order valence-electron chi connectivity index (χ2n) is 16.6. The molecule has 10 atom stereocenters. The maximum absolute atomic E-state index is 14.3. The van der Waals surface area contributed by atoms with Crippen molar-refractivity contribution in [2.24, 2.45) is 35.0 Å². The van der Waals surface area contributed by atoms with Crippen molar-refractivity contribution in [3.05, 3.63) is 12.2 Å². The van der Waals surface area contributed by atoms with Gasteiger partial charge >= 0.3 is 5.97 Å². The SMILES string of the molecule is CCOC(=O)[C@@]12CC[C@H]3[C@H]4[C@@H]1[C@H](C[C@@]41O[C@@H]3C=CC1=O)[C@@H](O[Si](C)(C)C(C)(C)C)[C@H](O[Si](C)(C)C(C)(C)C)[C@H]2C. The van der Waals surface area contributed by atoms with E-state index in [1.54, 1.807) is 6.08 Å². The van der Waals surface area contributed by atoms with Gasteiger partial charge in [-0.2, -0.15) is 0 Å². The van der Waals surface area contributed by atoms with Crippen molar-refractivity contribution >= 4 is 28.4 Å². The Morgan fingerprint density at radius 2 is 1.55 bits per heavy atom. The third kappa shape index (κ3) is 4.09. The zero-order valence-electron chi connectivity index (χ0n) is 27.1. The van der Waals surface area contributed by atoms with Crippen LogP contribution in [0.2, 0.25) is 36.3 Å². The Morgan fingerprint density at radius 1 is 0.975 bits per heavy atom. The van der Waals surface area contributed by atoms with Crippen LogP contribution in [-0.2, 0) is 27.9 Å². The molecular formula is C32H54O6Si2. The van der Waals surface area contributed by atoms with Gasteiger partial charge in [-0.25, -0.2) is 0 Å². The van der Waals surface area contributed by atoms with Crippen molar-refractivity contribution in [3.8, 4) is 0 Å². The first-order chi connectivity index (χ1) is 18.2. The van der Waals surface area contributed by atoms with Crippen LogP contribution in [0.25, 0.3) is 0 Å². The van der Waals surface area contributed by atoms with Crippen LogP contribution in [0, 0.1) is 35.0 Å². The predicted octanol–water partition coefficient (Wildman–Crippen LogP) is 6.91. The average Bonchev–Trinajstić information content (AvgIpc) is 3.29. The Bertz CT molecular complexity index is 1090. The zero-order valence-corrected chi connectivity index (χ0v) is 29.1. The Balaban J connectivity index is 1.70. The van der Waals surface area contributed by atoms with Crippen molar-refractivity contribution < 1.29 is 27.9 Å². The standard InChI is InChI=1S/C32H54O6Si2/c1-13-35-28(34)31-17-16-20-22-14-15-23(33)32(36-22)18-21(24(31)25(20)32)27(38-40(11,12)30(6,7)8)26(19(31)2)37-39(9,10)29(3,4)5/h14-15,19-22,24-27H,13,16-18H2,1-12H3/t19-,20-,21+,22-,24+,25+,26-,27-,31-,32+/m1/s1. The minimum Gasteiger partial charge on any atom is -0.466 e. The Kier molecular flexibility index (Phi) is 7.16. The second-order valence-corrected chi connectivity index (χ2v) is 26.1. The quantitative estimate of drug-likeness (QED) is 0.247.